The van der Waals surface area contributed by atoms with E-state index in [1.165, 1.54) is 111 Å². The number of likely N-dealkylation sites (tertiary alicyclic amines) is 2. The summed E-state index contributed by atoms with van der Waals surface area (Å²) in [5, 5.41) is 47.3. The van der Waals surface area contributed by atoms with Crippen molar-refractivity contribution in [2.45, 2.75) is 128 Å². The lowest BCUT2D eigenvalue weighted by atomic mass is 9.62. The van der Waals surface area contributed by atoms with Crippen LogP contribution in [0.15, 0.2) is 109 Å². The van der Waals surface area contributed by atoms with Gasteiger partial charge in [0.05, 0.1) is 96.0 Å². The Balaban J connectivity index is 0.000000237. The van der Waals surface area contributed by atoms with Gasteiger partial charge < -0.3 is 39.8 Å². The van der Waals surface area contributed by atoms with Gasteiger partial charge in [0.15, 0.2) is 0 Å². The minimum absolute atomic E-state index is 0.0457. The Hall–Kier alpha value is -8.48. The predicted molar refractivity (Wildman–Crippen MR) is 376 cm³/mol. The Morgan fingerprint density at radius 3 is 1.23 bits per heavy atom. The van der Waals surface area contributed by atoms with Gasteiger partial charge in [-0.15, -0.1) is 0 Å². The molecule has 2 amide bonds. The number of rotatable bonds is 22. The second-order valence-electron chi connectivity index (χ2n) is 28.4. The number of carboxylic acids is 2. The number of halogens is 8. The molecule has 2 saturated carbocycles. The quantitative estimate of drug-likeness (QED) is 0.0364. The number of carbonyl (C=O) groups is 6. The van der Waals surface area contributed by atoms with Gasteiger partial charge in [0.1, 0.15) is 45.6 Å². The van der Waals surface area contributed by atoms with Gasteiger partial charge in [0.25, 0.3) is 0 Å². The number of nitrogens with zero attached hydrogens (tertiary/aromatic N) is 4. The molecule has 4 fully saturated rings. The Bertz CT molecular complexity index is 4060. The third kappa shape index (κ3) is 15.8. The molecule has 2 aliphatic carbocycles. The van der Waals surface area contributed by atoms with Gasteiger partial charge >= 0.3 is 23.9 Å². The van der Waals surface area contributed by atoms with Crippen molar-refractivity contribution in [2.75, 3.05) is 51.2 Å². The van der Waals surface area contributed by atoms with Crippen LogP contribution in [0.5, 0.6) is 11.5 Å². The minimum atomic E-state index is -1.90. The molecule has 0 bridgehead atoms. The van der Waals surface area contributed by atoms with E-state index in [2.05, 4.69) is 22.8 Å². The van der Waals surface area contributed by atoms with Crippen LogP contribution in [0.25, 0.3) is 0 Å². The average Bonchev–Trinajstić information content (AvgIpc) is 1.54. The number of methoxy groups -OCH3 is 2. The van der Waals surface area contributed by atoms with Crippen LogP contribution < -0.4 is 20.1 Å². The van der Waals surface area contributed by atoms with E-state index in [4.69, 9.17) is 65.4 Å². The Kier molecular flexibility index (Phi) is 23.8. The maximum Gasteiger partial charge on any atom is 0.335 e. The van der Waals surface area contributed by atoms with Crippen LogP contribution in [0.2, 0.25) is 20.1 Å². The highest BCUT2D eigenvalue weighted by molar-refractivity contribution is 6.31. The van der Waals surface area contributed by atoms with Crippen molar-refractivity contribution in [3.8, 4) is 23.6 Å². The molecule has 18 nitrogen and oxygen atoms in total. The molecule has 102 heavy (non-hydrogen) atoms. The summed E-state index contributed by atoms with van der Waals surface area (Å²) in [7, 11) is 2.63. The summed E-state index contributed by atoms with van der Waals surface area (Å²) in [5.74, 6) is -12.0. The van der Waals surface area contributed by atoms with Crippen molar-refractivity contribution in [2.24, 2.45) is 34.5 Å². The number of anilines is 2. The van der Waals surface area contributed by atoms with E-state index in [0.29, 0.717) is 12.8 Å². The number of nitrogens with one attached hydrogen (secondary N) is 2. The highest BCUT2D eigenvalue weighted by atomic mass is 35.5. The Morgan fingerprint density at radius 1 is 0.559 bits per heavy atom. The van der Waals surface area contributed by atoms with Crippen molar-refractivity contribution in [1.29, 1.82) is 10.5 Å². The van der Waals surface area contributed by atoms with Crippen molar-refractivity contribution >= 4 is 93.5 Å². The van der Waals surface area contributed by atoms with Crippen LogP contribution in [0.4, 0.5) is 28.9 Å². The first-order chi connectivity index (χ1) is 48.1. The smallest absolute Gasteiger partial charge is 0.335 e. The van der Waals surface area contributed by atoms with E-state index in [1.54, 1.807) is 23.6 Å². The predicted octanol–water partition coefficient (Wildman–Crippen LogP) is 15.7. The monoisotopic (exact) mass is 1480 g/mol. The van der Waals surface area contributed by atoms with Crippen LogP contribution in [0, 0.1) is 80.4 Å². The Labute approximate surface area is 609 Å². The summed E-state index contributed by atoms with van der Waals surface area (Å²) in [6.45, 7) is 15.7. The number of hydrogen-bond acceptors (Lipinski definition) is 14. The molecule has 0 spiro atoms. The molecule has 4 N–H and O–H groups in total. The molecular formula is C76H78Cl4F4N6O12. The number of amides is 2. The van der Waals surface area contributed by atoms with E-state index in [1.807, 2.05) is 41.5 Å². The van der Waals surface area contributed by atoms with Crippen LogP contribution in [0.3, 0.4) is 0 Å². The number of hydrogen-bond donors (Lipinski definition) is 4. The van der Waals surface area contributed by atoms with Crippen molar-refractivity contribution in [3.05, 3.63) is 186 Å². The fraction of sp³-hybridized carbons (Fsp3) is 0.421. The van der Waals surface area contributed by atoms with Crippen molar-refractivity contribution < 1.29 is 75.5 Å². The van der Waals surface area contributed by atoms with Crippen LogP contribution in [-0.4, -0.2) is 120 Å². The zero-order chi connectivity index (χ0) is 74.8. The number of benzene rings is 6. The second-order valence-corrected chi connectivity index (χ2v) is 30.1. The molecular weight excluding hydrogens is 1410 g/mol. The summed E-state index contributed by atoms with van der Waals surface area (Å²) >= 11 is 25.1. The maximum absolute atomic E-state index is 16.4. The standard InChI is InChI=1S/2C38H39Cl2F2N3O6/c2*1-6-51-36(49)24-14-21(24)18-45-30(17-37(2,3)4)38(19-43,25-12-11-22(39)16-27(25)41)31(23-8-7-9-26(40)32(23)42)33(45)34(46)44-28-13-10-20(35(47)48)15-29(28)50-5/h2*7-13,15-16,21,24,30-31,33H,6,14,17-18H2,1-5H3,(H,44,46)(H,47,48)/t21-,24+,30+,31+,33-,38+;21-,24+,30-,31-,33+,38-/m10/s1. The molecule has 6 aromatic rings. The van der Waals surface area contributed by atoms with E-state index in [-0.39, 0.29) is 139 Å². The Morgan fingerprint density at radius 2 is 0.922 bits per heavy atom. The van der Waals surface area contributed by atoms with E-state index in [9.17, 15) is 49.5 Å². The zero-order valence-electron chi connectivity index (χ0n) is 57.6. The highest BCUT2D eigenvalue weighted by Gasteiger charge is 2.68. The molecule has 540 valence electrons. The van der Waals surface area contributed by atoms with Gasteiger partial charge in [-0.1, -0.05) is 124 Å². The maximum atomic E-state index is 16.4. The summed E-state index contributed by atoms with van der Waals surface area (Å²) in [4.78, 5) is 82.3. The van der Waals surface area contributed by atoms with Crippen molar-refractivity contribution in [1.82, 2.24) is 9.80 Å². The molecule has 0 aromatic heterocycles. The van der Waals surface area contributed by atoms with E-state index in [0.717, 1.165) is 12.1 Å². The third-order valence-corrected chi connectivity index (χ3v) is 20.5. The van der Waals surface area contributed by atoms with Crippen LogP contribution in [-0.2, 0) is 39.5 Å². The SMILES string of the molecule is CCOC(=O)[C@@H]1C[C@H]1CN1[C@@H](CC(C)(C)C)[C@](C#N)(c2ccc(Cl)cc2F)[C@@H](c2cccc(Cl)c2F)[C@@H]1C(=O)Nc1ccc(C(=O)O)cc1OC.CCOC(=O)[C@H]1C[C@@H]1CN1[C@@H](CC(C)(C)C)[C@](C#N)(c2ccc(Cl)cc2F)[C@@H](c2cccc(Cl)c2F)[C@@H]1C(=O)Nc1ccc(C(=O)O)cc1OC. The summed E-state index contributed by atoms with van der Waals surface area (Å²) in [6, 6.07) is 24.5. The van der Waals surface area contributed by atoms with E-state index >= 15 is 17.6 Å². The van der Waals surface area contributed by atoms with Crippen molar-refractivity contribution in [3.63, 3.8) is 0 Å². The van der Waals surface area contributed by atoms with Gasteiger partial charge in [0.2, 0.25) is 11.8 Å². The average molecular weight is 1490 g/mol. The van der Waals surface area contributed by atoms with Gasteiger partial charge in [-0.05, 0) is 146 Å². The van der Waals surface area contributed by atoms with Crippen LogP contribution in [0.1, 0.15) is 136 Å². The van der Waals surface area contributed by atoms with Crippen LogP contribution >= 0.6 is 46.4 Å². The van der Waals surface area contributed by atoms with Gasteiger partial charge in [-0.25, -0.2) is 27.2 Å². The minimum Gasteiger partial charge on any atom is -0.495 e. The number of aromatic carboxylic acids is 2. The lowest BCUT2D eigenvalue weighted by Gasteiger charge is -2.39. The normalized spacial score (nSPS) is 24.4. The van der Waals surface area contributed by atoms with E-state index < -0.39 is 117 Å². The first-order valence-corrected chi connectivity index (χ1v) is 34.6. The van der Waals surface area contributed by atoms with Gasteiger partial charge in [-0.2, -0.15) is 10.5 Å². The summed E-state index contributed by atoms with van der Waals surface area (Å²) in [5.41, 5.74) is -5.05. The lowest BCUT2D eigenvalue weighted by Crippen LogP contribution is -2.48. The fourth-order valence-corrected chi connectivity index (χ4v) is 15.6. The number of esters is 2. The fourth-order valence-electron chi connectivity index (χ4n) is 14.9. The molecule has 2 saturated heterocycles. The van der Waals surface area contributed by atoms with Gasteiger partial charge in [-0.3, -0.25) is 29.0 Å². The largest absolute Gasteiger partial charge is 0.495 e. The topological polar surface area (TPSA) is 258 Å². The molecule has 4 aliphatic rings. The molecule has 12 atom stereocenters. The van der Waals surface area contributed by atoms with Gasteiger partial charge in [0, 0.05) is 58.2 Å². The second kappa shape index (κ2) is 31.2. The number of nitriles is 2. The number of ether oxygens (including phenoxy) is 4. The number of carboxylic acid groups (broad SMARTS) is 2. The molecule has 0 radical (unpaired) electrons. The molecule has 10 rings (SSSR count). The first-order valence-electron chi connectivity index (χ1n) is 33.1. The first kappa shape index (κ1) is 77.7. The molecule has 0 unspecified atom stereocenters. The molecule has 26 heteroatoms. The summed E-state index contributed by atoms with van der Waals surface area (Å²) in [6.07, 6.45) is 1.42. The lowest BCUT2D eigenvalue weighted by molar-refractivity contribution is -0.146. The molecule has 2 aliphatic heterocycles. The highest BCUT2D eigenvalue weighted by Crippen LogP contribution is 2.61. The molecule has 2 heterocycles. The third-order valence-electron chi connectivity index (χ3n) is 19.4. The number of carbonyl (C=O) groups excluding carboxylic acids is 4. The zero-order valence-corrected chi connectivity index (χ0v) is 60.6. The summed E-state index contributed by atoms with van der Waals surface area (Å²) < 4.78 is 86.9. The molecule has 6 aromatic carbocycles.